The molecule has 39 heavy (non-hydrogen) atoms. The van der Waals surface area contributed by atoms with Gasteiger partial charge in [-0.25, -0.2) is 14.5 Å². The van der Waals surface area contributed by atoms with Crippen molar-refractivity contribution in [2.45, 2.75) is 70.1 Å². The zero-order valence-corrected chi connectivity index (χ0v) is 22.6. The van der Waals surface area contributed by atoms with E-state index in [1.54, 1.807) is 11.7 Å². The minimum Gasteiger partial charge on any atom is -0.488 e. The largest absolute Gasteiger partial charge is 0.488 e. The Bertz CT molecular complexity index is 1310. The molecule has 3 aromatic rings. The maximum absolute atomic E-state index is 12.5. The molecule has 0 bridgehead atoms. The molecule has 10 heteroatoms. The lowest BCUT2D eigenvalue weighted by atomic mass is 9.87. The van der Waals surface area contributed by atoms with Crippen LogP contribution in [0.1, 0.15) is 74.4 Å². The summed E-state index contributed by atoms with van der Waals surface area (Å²) < 4.78 is 18.5. The Morgan fingerprint density at radius 3 is 2.64 bits per heavy atom. The molecule has 0 spiro atoms. The summed E-state index contributed by atoms with van der Waals surface area (Å²) in [6.07, 6.45) is 4.48. The molecule has 2 fully saturated rings. The highest BCUT2D eigenvalue weighted by Gasteiger charge is 2.33. The van der Waals surface area contributed by atoms with Crippen LogP contribution in [0.4, 0.5) is 4.79 Å². The second-order valence-corrected chi connectivity index (χ2v) is 10.3. The first kappa shape index (κ1) is 26.6. The third-order valence-corrected chi connectivity index (χ3v) is 7.44. The van der Waals surface area contributed by atoms with Gasteiger partial charge in [0, 0.05) is 13.0 Å². The van der Waals surface area contributed by atoms with Crippen molar-refractivity contribution in [3.63, 3.8) is 0 Å². The number of nitrogens with zero attached hydrogens (tertiary/aromatic N) is 4. The lowest BCUT2D eigenvalue weighted by molar-refractivity contribution is -0.147. The van der Waals surface area contributed by atoms with Gasteiger partial charge in [0.15, 0.2) is 0 Å². The second kappa shape index (κ2) is 11.8. The minimum absolute atomic E-state index is 0.0476. The van der Waals surface area contributed by atoms with Crippen molar-refractivity contribution in [1.82, 2.24) is 25.3 Å². The van der Waals surface area contributed by atoms with Gasteiger partial charge in [-0.2, -0.15) is 0 Å². The van der Waals surface area contributed by atoms with Gasteiger partial charge < -0.3 is 19.5 Å². The minimum atomic E-state index is -0.522. The highest BCUT2D eigenvalue weighted by Crippen LogP contribution is 2.45. The van der Waals surface area contributed by atoms with Crippen molar-refractivity contribution in [2.24, 2.45) is 13.0 Å². The molecule has 2 aliphatic carbocycles. The van der Waals surface area contributed by atoms with Crippen molar-refractivity contribution in [3.8, 4) is 17.1 Å². The van der Waals surface area contributed by atoms with Gasteiger partial charge in [-0.1, -0.05) is 35.5 Å². The lowest BCUT2D eigenvalue weighted by Gasteiger charge is -2.28. The zero-order valence-electron chi connectivity index (χ0n) is 22.6. The highest BCUT2D eigenvalue weighted by molar-refractivity contribution is 5.72. The number of hydrogen-bond donors (Lipinski definition) is 1. The fraction of sp³-hybridized carbons (Fsp3) is 0.483. The number of esters is 1. The van der Waals surface area contributed by atoms with E-state index in [-0.39, 0.29) is 30.6 Å². The topological polar surface area (TPSA) is 117 Å². The normalized spacial score (nSPS) is 19.7. The molecular weight excluding hydrogens is 498 g/mol. The number of aromatic nitrogens is 4. The Morgan fingerprint density at radius 2 is 1.90 bits per heavy atom. The SMILES string of the molecule is COC(=O)[C@H]1CCC[C@H](Oc2ccc(-c3nnn(C)c3CNC(=O)O[C@H](C)c3ccccc3)nc2C2CC2)C1. The van der Waals surface area contributed by atoms with Gasteiger partial charge in [0.1, 0.15) is 17.5 Å². The number of carbonyl (C=O) groups excluding carboxylic acids is 2. The van der Waals surface area contributed by atoms with Crippen LogP contribution < -0.4 is 10.1 Å². The molecular formula is C29H35N5O5. The molecule has 0 unspecified atom stereocenters. The summed E-state index contributed by atoms with van der Waals surface area (Å²) >= 11 is 0. The monoisotopic (exact) mass is 533 g/mol. The molecule has 2 heterocycles. The number of rotatable bonds is 9. The molecule has 10 nitrogen and oxygen atoms in total. The van der Waals surface area contributed by atoms with Gasteiger partial charge >= 0.3 is 12.1 Å². The van der Waals surface area contributed by atoms with Crippen LogP contribution in [0, 0.1) is 5.92 Å². The molecule has 0 aliphatic heterocycles. The van der Waals surface area contributed by atoms with E-state index in [2.05, 4.69) is 15.6 Å². The standard InChI is InChI=1S/C29H35N5O5/c1-18(19-8-5-4-6-9-19)38-29(36)30-17-24-27(32-33-34(24)2)23-14-15-25(26(31-23)20-12-13-20)39-22-11-7-10-21(16-22)28(35)37-3/h4-6,8-9,14-15,18,20-22H,7,10-13,16-17H2,1-3H3,(H,30,36)/t18-,21+,22+/m1/s1. The number of alkyl carbamates (subject to hydrolysis) is 1. The summed E-state index contributed by atoms with van der Waals surface area (Å²) in [6, 6.07) is 13.4. The van der Waals surface area contributed by atoms with Crippen LogP contribution in [0.15, 0.2) is 42.5 Å². The number of carbonyl (C=O) groups is 2. The summed E-state index contributed by atoms with van der Waals surface area (Å²) in [5.74, 6) is 0.815. The van der Waals surface area contributed by atoms with Crippen molar-refractivity contribution >= 4 is 12.1 Å². The summed E-state index contributed by atoms with van der Waals surface area (Å²) in [5, 5.41) is 11.3. The maximum Gasteiger partial charge on any atom is 0.408 e. The van der Waals surface area contributed by atoms with Crippen LogP contribution in [-0.2, 0) is 27.9 Å². The Labute approximate surface area is 228 Å². The van der Waals surface area contributed by atoms with E-state index >= 15 is 0 Å². The molecule has 2 saturated carbocycles. The Hall–Kier alpha value is -3.95. The molecule has 5 rings (SSSR count). The van der Waals surface area contributed by atoms with Crippen LogP contribution in [0.2, 0.25) is 0 Å². The Balaban J connectivity index is 1.28. The van der Waals surface area contributed by atoms with Crippen LogP contribution in [-0.4, -0.2) is 45.3 Å². The van der Waals surface area contributed by atoms with Crippen LogP contribution >= 0.6 is 0 Å². The van der Waals surface area contributed by atoms with E-state index in [4.69, 9.17) is 19.2 Å². The predicted octanol–water partition coefficient (Wildman–Crippen LogP) is 4.85. The van der Waals surface area contributed by atoms with Crippen molar-refractivity contribution in [3.05, 3.63) is 59.4 Å². The van der Waals surface area contributed by atoms with E-state index in [1.807, 2.05) is 49.4 Å². The number of aryl methyl sites for hydroxylation is 1. The second-order valence-electron chi connectivity index (χ2n) is 10.3. The molecule has 0 saturated heterocycles. The molecule has 3 atom stereocenters. The molecule has 1 amide bonds. The quantitative estimate of drug-likeness (QED) is 0.388. The number of pyridine rings is 1. The van der Waals surface area contributed by atoms with E-state index in [0.717, 1.165) is 54.8 Å². The van der Waals surface area contributed by atoms with Gasteiger partial charge in [0.25, 0.3) is 0 Å². The van der Waals surface area contributed by atoms with Crippen LogP contribution in [0.25, 0.3) is 11.4 Å². The third kappa shape index (κ3) is 6.38. The molecule has 2 aliphatic rings. The van der Waals surface area contributed by atoms with Crippen LogP contribution in [0.3, 0.4) is 0 Å². The van der Waals surface area contributed by atoms with Gasteiger partial charge in [-0.3, -0.25) is 4.79 Å². The average molecular weight is 534 g/mol. The van der Waals surface area contributed by atoms with Gasteiger partial charge in [-0.15, -0.1) is 5.10 Å². The molecule has 2 aromatic heterocycles. The fourth-order valence-electron chi connectivity index (χ4n) is 5.08. The number of hydrogen-bond acceptors (Lipinski definition) is 8. The molecule has 1 aromatic carbocycles. The number of benzene rings is 1. The van der Waals surface area contributed by atoms with Crippen molar-refractivity contribution < 1.29 is 23.8 Å². The summed E-state index contributed by atoms with van der Waals surface area (Å²) in [5.41, 5.74) is 3.83. The van der Waals surface area contributed by atoms with Gasteiger partial charge in [0.05, 0.1) is 42.8 Å². The maximum atomic E-state index is 12.5. The Kier molecular flexibility index (Phi) is 8.09. The van der Waals surface area contributed by atoms with Crippen molar-refractivity contribution in [2.75, 3.05) is 7.11 Å². The van der Waals surface area contributed by atoms with Gasteiger partial charge in [0.2, 0.25) is 0 Å². The first-order valence-corrected chi connectivity index (χ1v) is 13.6. The van der Waals surface area contributed by atoms with Gasteiger partial charge in [-0.05, 0) is 63.1 Å². The fourth-order valence-corrected chi connectivity index (χ4v) is 5.08. The molecule has 206 valence electrons. The van der Waals surface area contributed by atoms with E-state index in [1.165, 1.54) is 7.11 Å². The number of methoxy groups -OCH3 is 1. The summed E-state index contributed by atoms with van der Waals surface area (Å²) in [4.78, 5) is 29.5. The average Bonchev–Trinajstić information content (AvgIpc) is 3.74. The predicted molar refractivity (Wildman–Crippen MR) is 143 cm³/mol. The Morgan fingerprint density at radius 1 is 1.10 bits per heavy atom. The zero-order chi connectivity index (χ0) is 27.4. The number of ether oxygens (including phenoxy) is 3. The summed E-state index contributed by atoms with van der Waals surface area (Å²) in [7, 11) is 3.22. The number of amides is 1. The third-order valence-electron chi connectivity index (χ3n) is 7.44. The number of nitrogens with one attached hydrogen (secondary N) is 1. The molecule has 1 N–H and O–H groups in total. The highest BCUT2D eigenvalue weighted by atomic mass is 16.6. The lowest BCUT2D eigenvalue weighted by Crippen LogP contribution is -2.30. The van der Waals surface area contributed by atoms with E-state index in [9.17, 15) is 9.59 Å². The first-order chi connectivity index (χ1) is 18.9. The summed E-state index contributed by atoms with van der Waals surface area (Å²) in [6.45, 7) is 2.02. The smallest absolute Gasteiger partial charge is 0.408 e. The van der Waals surface area contributed by atoms with E-state index in [0.29, 0.717) is 23.7 Å². The van der Waals surface area contributed by atoms with Crippen LogP contribution in [0.5, 0.6) is 5.75 Å². The van der Waals surface area contributed by atoms with Crippen molar-refractivity contribution in [1.29, 1.82) is 0 Å². The van der Waals surface area contributed by atoms with E-state index < -0.39 is 6.09 Å². The first-order valence-electron chi connectivity index (χ1n) is 13.6. The molecule has 0 radical (unpaired) electrons.